The number of aliphatic hydroxyl groups is 1. The number of rotatable bonds is 10. The van der Waals surface area contributed by atoms with Crippen molar-refractivity contribution in [3.63, 3.8) is 0 Å². The zero-order chi connectivity index (χ0) is 11.5. The van der Waals surface area contributed by atoms with Gasteiger partial charge >= 0.3 is 0 Å². The highest BCUT2D eigenvalue weighted by molar-refractivity contribution is 4.60. The summed E-state index contributed by atoms with van der Waals surface area (Å²) in [6, 6.07) is -0.0203. The molecule has 3 N–H and O–H groups in total. The Morgan fingerprint density at radius 2 is 1.93 bits per heavy atom. The fourth-order valence-corrected chi connectivity index (χ4v) is 1.48. The first kappa shape index (κ1) is 14.9. The first-order valence-corrected chi connectivity index (χ1v) is 6.18. The summed E-state index contributed by atoms with van der Waals surface area (Å²) < 4.78 is 5.60. The summed E-state index contributed by atoms with van der Waals surface area (Å²) in [5.41, 5.74) is 5.72. The van der Waals surface area contributed by atoms with Gasteiger partial charge in [-0.05, 0) is 19.8 Å². The molecule has 0 amide bonds. The average molecular weight is 217 g/mol. The summed E-state index contributed by atoms with van der Waals surface area (Å²) in [4.78, 5) is 0. The van der Waals surface area contributed by atoms with Crippen LogP contribution in [0.3, 0.4) is 0 Å². The molecular formula is C12H27NO2. The molecule has 0 radical (unpaired) electrons. The highest BCUT2D eigenvalue weighted by Gasteiger charge is 2.06. The van der Waals surface area contributed by atoms with Gasteiger partial charge in [0.2, 0.25) is 0 Å². The van der Waals surface area contributed by atoms with Gasteiger partial charge in [0.05, 0.1) is 12.7 Å². The van der Waals surface area contributed by atoms with Crippen LogP contribution in [0.25, 0.3) is 0 Å². The molecule has 0 aliphatic heterocycles. The van der Waals surface area contributed by atoms with E-state index in [1.54, 1.807) is 0 Å². The summed E-state index contributed by atoms with van der Waals surface area (Å²) in [5, 5.41) is 8.67. The van der Waals surface area contributed by atoms with E-state index in [2.05, 4.69) is 13.8 Å². The third-order valence-electron chi connectivity index (χ3n) is 2.56. The Balaban J connectivity index is 3.28. The van der Waals surface area contributed by atoms with Crippen molar-refractivity contribution < 1.29 is 9.84 Å². The monoisotopic (exact) mass is 217 g/mol. The van der Waals surface area contributed by atoms with Crippen molar-refractivity contribution in [1.29, 1.82) is 0 Å². The topological polar surface area (TPSA) is 55.5 Å². The normalized spacial score (nSPS) is 15.2. The van der Waals surface area contributed by atoms with Crippen LogP contribution in [0.1, 0.15) is 52.4 Å². The van der Waals surface area contributed by atoms with Gasteiger partial charge in [-0.2, -0.15) is 0 Å². The van der Waals surface area contributed by atoms with Crippen molar-refractivity contribution in [3.8, 4) is 0 Å². The van der Waals surface area contributed by atoms with Crippen molar-refractivity contribution in [2.24, 2.45) is 5.73 Å². The smallest absolute Gasteiger partial charge is 0.0621 e. The maximum Gasteiger partial charge on any atom is 0.0621 e. The van der Waals surface area contributed by atoms with Gasteiger partial charge in [0.25, 0.3) is 0 Å². The van der Waals surface area contributed by atoms with Gasteiger partial charge in [0.15, 0.2) is 0 Å². The van der Waals surface area contributed by atoms with Gasteiger partial charge < -0.3 is 15.6 Å². The van der Waals surface area contributed by atoms with E-state index in [4.69, 9.17) is 15.6 Å². The minimum atomic E-state index is -0.0203. The molecule has 2 unspecified atom stereocenters. The molecule has 0 spiro atoms. The second kappa shape index (κ2) is 10.4. The lowest BCUT2D eigenvalue weighted by molar-refractivity contribution is 0.0452. The van der Waals surface area contributed by atoms with Crippen molar-refractivity contribution in [3.05, 3.63) is 0 Å². The van der Waals surface area contributed by atoms with E-state index < -0.39 is 0 Å². The summed E-state index contributed by atoms with van der Waals surface area (Å²) >= 11 is 0. The Bertz CT molecular complexity index is 131. The highest BCUT2D eigenvalue weighted by atomic mass is 16.5. The molecule has 0 heterocycles. The zero-order valence-electron chi connectivity index (χ0n) is 10.2. The number of nitrogens with two attached hydrogens (primary N) is 1. The summed E-state index contributed by atoms with van der Waals surface area (Å²) in [7, 11) is 0. The van der Waals surface area contributed by atoms with E-state index >= 15 is 0 Å². The Hall–Kier alpha value is -0.120. The van der Waals surface area contributed by atoms with Gasteiger partial charge in [-0.25, -0.2) is 0 Å². The number of ether oxygens (including phenoxy) is 1. The molecule has 0 rings (SSSR count). The van der Waals surface area contributed by atoms with Crippen molar-refractivity contribution >= 4 is 0 Å². The lowest BCUT2D eigenvalue weighted by atomic mass is 10.1. The second-order valence-electron chi connectivity index (χ2n) is 4.27. The summed E-state index contributed by atoms with van der Waals surface area (Å²) in [6.07, 6.45) is 7.17. The Labute approximate surface area is 94.0 Å². The van der Waals surface area contributed by atoms with Crippen LogP contribution in [0, 0.1) is 0 Å². The second-order valence-corrected chi connectivity index (χ2v) is 4.27. The molecule has 15 heavy (non-hydrogen) atoms. The molecule has 0 aliphatic rings. The largest absolute Gasteiger partial charge is 0.396 e. The lowest BCUT2D eigenvalue weighted by Crippen LogP contribution is -2.29. The number of hydrogen-bond acceptors (Lipinski definition) is 3. The van der Waals surface area contributed by atoms with E-state index in [1.807, 2.05) is 0 Å². The Kier molecular flexibility index (Phi) is 10.3. The van der Waals surface area contributed by atoms with Gasteiger partial charge in [-0.3, -0.25) is 0 Å². The molecule has 2 atom stereocenters. The van der Waals surface area contributed by atoms with E-state index in [1.165, 1.54) is 25.7 Å². The molecule has 0 aromatic carbocycles. The molecule has 0 saturated heterocycles. The average Bonchev–Trinajstić information content (AvgIpc) is 2.22. The fourth-order valence-electron chi connectivity index (χ4n) is 1.48. The number of aliphatic hydroxyl groups excluding tert-OH is 1. The third kappa shape index (κ3) is 10.2. The number of unbranched alkanes of at least 4 members (excludes halogenated alkanes) is 3. The lowest BCUT2D eigenvalue weighted by Gasteiger charge is -2.16. The molecule has 0 bridgehead atoms. The van der Waals surface area contributed by atoms with Crippen LogP contribution in [0.4, 0.5) is 0 Å². The predicted octanol–water partition coefficient (Wildman–Crippen LogP) is 2.07. The molecule has 0 aromatic heterocycles. The van der Waals surface area contributed by atoms with Gasteiger partial charge in [0.1, 0.15) is 0 Å². The summed E-state index contributed by atoms with van der Waals surface area (Å²) in [6.45, 7) is 5.02. The quantitative estimate of drug-likeness (QED) is 0.551. The van der Waals surface area contributed by atoms with Crippen molar-refractivity contribution in [2.45, 2.75) is 64.5 Å². The SMILES string of the molecule is CCCCCCC(C)OCC(N)CCO. The molecule has 0 aliphatic carbocycles. The van der Waals surface area contributed by atoms with Crippen molar-refractivity contribution in [2.75, 3.05) is 13.2 Å². The molecule has 0 fully saturated rings. The van der Waals surface area contributed by atoms with Crippen LogP contribution < -0.4 is 5.73 Å². The van der Waals surface area contributed by atoms with Crippen LogP contribution >= 0.6 is 0 Å². The van der Waals surface area contributed by atoms with Crippen LogP contribution in [0.2, 0.25) is 0 Å². The summed E-state index contributed by atoms with van der Waals surface area (Å²) in [5.74, 6) is 0. The minimum absolute atomic E-state index is 0.0203. The van der Waals surface area contributed by atoms with Crippen molar-refractivity contribution in [1.82, 2.24) is 0 Å². The Morgan fingerprint density at radius 3 is 2.53 bits per heavy atom. The zero-order valence-corrected chi connectivity index (χ0v) is 10.2. The maximum atomic E-state index is 8.67. The number of hydrogen-bond donors (Lipinski definition) is 2. The van der Waals surface area contributed by atoms with E-state index in [9.17, 15) is 0 Å². The molecule has 92 valence electrons. The minimum Gasteiger partial charge on any atom is -0.396 e. The maximum absolute atomic E-state index is 8.67. The first-order chi connectivity index (χ1) is 7.20. The predicted molar refractivity (Wildman–Crippen MR) is 63.9 cm³/mol. The van der Waals surface area contributed by atoms with E-state index in [-0.39, 0.29) is 12.6 Å². The van der Waals surface area contributed by atoms with Crippen LogP contribution in [0.15, 0.2) is 0 Å². The standard InChI is InChI=1S/C12H27NO2/c1-3-4-5-6-7-11(2)15-10-12(13)8-9-14/h11-12,14H,3-10,13H2,1-2H3. The Morgan fingerprint density at radius 1 is 1.20 bits per heavy atom. The van der Waals surface area contributed by atoms with Gasteiger partial charge in [0, 0.05) is 12.6 Å². The van der Waals surface area contributed by atoms with Crippen LogP contribution in [0.5, 0.6) is 0 Å². The van der Waals surface area contributed by atoms with Gasteiger partial charge in [-0.1, -0.05) is 32.6 Å². The van der Waals surface area contributed by atoms with Gasteiger partial charge in [-0.15, -0.1) is 0 Å². The molecule has 0 saturated carbocycles. The molecular weight excluding hydrogens is 190 g/mol. The molecule has 0 aromatic rings. The first-order valence-electron chi connectivity index (χ1n) is 6.18. The molecule has 3 heteroatoms. The van der Waals surface area contributed by atoms with Crippen LogP contribution in [-0.4, -0.2) is 30.5 Å². The van der Waals surface area contributed by atoms with Crippen LogP contribution in [-0.2, 0) is 4.74 Å². The highest BCUT2D eigenvalue weighted by Crippen LogP contribution is 2.08. The fraction of sp³-hybridized carbons (Fsp3) is 1.00. The molecule has 3 nitrogen and oxygen atoms in total. The third-order valence-corrected chi connectivity index (χ3v) is 2.56. The van der Waals surface area contributed by atoms with E-state index in [0.29, 0.717) is 19.1 Å². The van der Waals surface area contributed by atoms with E-state index in [0.717, 1.165) is 6.42 Å².